The lowest BCUT2D eigenvalue weighted by atomic mass is 9.94. The van der Waals surface area contributed by atoms with E-state index in [4.69, 9.17) is 10.5 Å². The van der Waals surface area contributed by atoms with Crippen LogP contribution in [0.2, 0.25) is 0 Å². The van der Waals surface area contributed by atoms with Crippen LogP contribution in [-0.2, 0) is 4.74 Å². The summed E-state index contributed by atoms with van der Waals surface area (Å²) in [5.74, 6) is 0.241. The van der Waals surface area contributed by atoms with E-state index in [-0.39, 0.29) is 11.4 Å². The van der Waals surface area contributed by atoms with Crippen molar-refractivity contribution in [2.24, 2.45) is 0 Å². The summed E-state index contributed by atoms with van der Waals surface area (Å²) in [6.07, 6.45) is 1.90. The van der Waals surface area contributed by atoms with E-state index in [1.165, 1.54) is 0 Å². The maximum atomic E-state index is 12.2. The van der Waals surface area contributed by atoms with Crippen molar-refractivity contribution in [2.75, 3.05) is 18.9 Å². The number of nitrogens with one attached hydrogen (secondary N) is 1. The molecule has 0 spiro atoms. The van der Waals surface area contributed by atoms with Crippen molar-refractivity contribution in [1.29, 1.82) is 0 Å². The van der Waals surface area contributed by atoms with Gasteiger partial charge in [0.15, 0.2) is 0 Å². The normalized spacial score (nSPS) is 23.7. The first-order valence-electron chi connectivity index (χ1n) is 6.13. The number of rotatable bonds is 2. The fourth-order valence-electron chi connectivity index (χ4n) is 2.20. The molecule has 5 heteroatoms. The first-order valence-corrected chi connectivity index (χ1v) is 6.13. The number of ether oxygens (including phenoxy) is 1. The van der Waals surface area contributed by atoms with Crippen LogP contribution in [0.3, 0.4) is 0 Å². The Kier molecular flexibility index (Phi) is 3.52. The smallest absolute Gasteiger partial charge is 0.251 e. The Bertz CT molecular complexity index is 433. The van der Waals surface area contributed by atoms with Gasteiger partial charge in [-0.1, -0.05) is 0 Å². The Morgan fingerprint density at radius 2 is 2.33 bits per heavy atom. The van der Waals surface area contributed by atoms with E-state index in [0.717, 1.165) is 25.1 Å². The largest absolute Gasteiger partial charge is 0.384 e. The lowest BCUT2D eigenvalue weighted by Gasteiger charge is -2.34. The van der Waals surface area contributed by atoms with E-state index in [0.29, 0.717) is 18.0 Å². The highest BCUT2D eigenvalue weighted by Crippen LogP contribution is 2.19. The molecule has 1 unspecified atom stereocenters. The summed E-state index contributed by atoms with van der Waals surface area (Å²) in [6.45, 7) is 5.14. The van der Waals surface area contributed by atoms with Crippen molar-refractivity contribution in [2.45, 2.75) is 32.2 Å². The number of nitrogen functional groups attached to an aromatic ring is 1. The van der Waals surface area contributed by atoms with Crippen LogP contribution in [0.5, 0.6) is 0 Å². The van der Waals surface area contributed by atoms with Crippen LogP contribution in [0.25, 0.3) is 0 Å². The van der Waals surface area contributed by atoms with E-state index in [1.54, 1.807) is 12.1 Å². The number of nitrogens with two attached hydrogens (primary N) is 1. The second-order valence-electron chi connectivity index (χ2n) is 5.09. The van der Waals surface area contributed by atoms with Crippen molar-refractivity contribution >= 4 is 11.7 Å². The van der Waals surface area contributed by atoms with Crippen molar-refractivity contribution in [3.05, 3.63) is 23.4 Å². The number of pyridine rings is 1. The number of carbonyl (C=O) groups excluding carboxylic acids is 1. The topological polar surface area (TPSA) is 77.2 Å². The molecule has 98 valence electrons. The second-order valence-corrected chi connectivity index (χ2v) is 5.09. The highest BCUT2D eigenvalue weighted by Gasteiger charge is 2.29. The maximum Gasteiger partial charge on any atom is 0.251 e. The van der Waals surface area contributed by atoms with Crippen LogP contribution < -0.4 is 11.1 Å². The number of anilines is 1. The number of aromatic nitrogens is 1. The highest BCUT2D eigenvalue weighted by molar-refractivity contribution is 5.95. The number of amides is 1. The highest BCUT2D eigenvalue weighted by atomic mass is 16.5. The number of carbonyl (C=O) groups is 1. The van der Waals surface area contributed by atoms with Crippen LogP contribution in [0.4, 0.5) is 5.82 Å². The molecule has 5 nitrogen and oxygen atoms in total. The summed E-state index contributed by atoms with van der Waals surface area (Å²) < 4.78 is 5.42. The van der Waals surface area contributed by atoms with Crippen LogP contribution in [0, 0.1) is 6.92 Å². The Morgan fingerprint density at radius 3 is 2.94 bits per heavy atom. The van der Waals surface area contributed by atoms with Crippen molar-refractivity contribution in [3.8, 4) is 0 Å². The molecule has 1 aliphatic heterocycles. The average molecular weight is 249 g/mol. The minimum atomic E-state index is -0.290. The molecule has 1 amide bonds. The molecule has 18 heavy (non-hydrogen) atoms. The predicted octanol–water partition coefficient (Wildman–Crippen LogP) is 1.27. The summed E-state index contributed by atoms with van der Waals surface area (Å²) >= 11 is 0. The minimum Gasteiger partial charge on any atom is -0.384 e. The third-order valence-electron chi connectivity index (χ3n) is 3.09. The zero-order valence-electron chi connectivity index (χ0n) is 10.8. The molecule has 0 aromatic carbocycles. The maximum absolute atomic E-state index is 12.2. The molecule has 2 heterocycles. The lowest BCUT2D eigenvalue weighted by Crippen LogP contribution is -2.51. The molecule has 3 N–H and O–H groups in total. The molecule has 0 bridgehead atoms. The zero-order chi connectivity index (χ0) is 13.2. The van der Waals surface area contributed by atoms with Crippen molar-refractivity contribution in [1.82, 2.24) is 10.3 Å². The zero-order valence-corrected chi connectivity index (χ0v) is 10.8. The number of nitrogens with zero attached hydrogens (tertiary/aromatic N) is 1. The molecule has 1 saturated heterocycles. The number of hydrogen-bond donors (Lipinski definition) is 2. The van der Waals surface area contributed by atoms with Gasteiger partial charge in [-0.2, -0.15) is 0 Å². The molecule has 1 aliphatic rings. The third-order valence-corrected chi connectivity index (χ3v) is 3.09. The van der Waals surface area contributed by atoms with E-state index in [9.17, 15) is 4.79 Å². The molecule has 0 aliphatic carbocycles. The van der Waals surface area contributed by atoms with Gasteiger partial charge in [0.05, 0.1) is 12.1 Å². The van der Waals surface area contributed by atoms with E-state index >= 15 is 0 Å². The van der Waals surface area contributed by atoms with Crippen molar-refractivity contribution < 1.29 is 9.53 Å². The second kappa shape index (κ2) is 4.94. The average Bonchev–Trinajstić information content (AvgIpc) is 2.28. The summed E-state index contributed by atoms with van der Waals surface area (Å²) in [7, 11) is 0. The Labute approximate surface area is 107 Å². The number of hydrogen-bond acceptors (Lipinski definition) is 4. The molecular formula is C13H19N3O2. The van der Waals surface area contributed by atoms with E-state index in [2.05, 4.69) is 10.3 Å². The van der Waals surface area contributed by atoms with Crippen LogP contribution in [0.1, 0.15) is 35.8 Å². The molecule has 1 atom stereocenters. The Balaban J connectivity index is 2.11. The predicted molar refractivity (Wildman–Crippen MR) is 69.3 cm³/mol. The van der Waals surface area contributed by atoms with Gasteiger partial charge in [0.25, 0.3) is 5.91 Å². The lowest BCUT2D eigenvalue weighted by molar-refractivity contribution is 0.0272. The molecule has 0 saturated carbocycles. The van der Waals surface area contributed by atoms with E-state index in [1.807, 2.05) is 13.8 Å². The summed E-state index contributed by atoms with van der Waals surface area (Å²) in [4.78, 5) is 16.2. The Hall–Kier alpha value is -1.62. The standard InChI is InChI=1S/C13H19N3O2/c1-9-6-10(7-11(14)15-9)12(17)16-13(2)4-3-5-18-8-13/h6-7H,3-5,8H2,1-2H3,(H2,14,15)(H,16,17). The van der Waals surface area contributed by atoms with E-state index < -0.39 is 0 Å². The minimum absolute atomic E-state index is 0.125. The van der Waals surface area contributed by atoms with Crippen molar-refractivity contribution in [3.63, 3.8) is 0 Å². The molecule has 1 fully saturated rings. The molecular weight excluding hydrogens is 230 g/mol. The molecule has 0 radical (unpaired) electrons. The van der Waals surface area contributed by atoms with Gasteiger partial charge >= 0.3 is 0 Å². The van der Waals surface area contributed by atoms with Gasteiger partial charge in [0.1, 0.15) is 5.82 Å². The van der Waals surface area contributed by atoms with Crippen LogP contribution in [0.15, 0.2) is 12.1 Å². The number of aryl methyl sites for hydroxylation is 1. The fourth-order valence-corrected chi connectivity index (χ4v) is 2.20. The molecule has 1 aromatic heterocycles. The Morgan fingerprint density at radius 1 is 1.56 bits per heavy atom. The SMILES string of the molecule is Cc1cc(C(=O)NC2(C)CCCOC2)cc(N)n1. The first-order chi connectivity index (χ1) is 8.48. The first kappa shape index (κ1) is 12.8. The van der Waals surface area contributed by atoms with Gasteiger partial charge in [-0.05, 0) is 38.8 Å². The fraction of sp³-hybridized carbons (Fsp3) is 0.538. The van der Waals surface area contributed by atoms with Gasteiger partial charge < -0.3 is 15.8 Å². The van der Waals surface area contributed by atoms with Gasteiger partial charge in [-0.25, -0.2) is 4.98 Å². The summed E-state index contributed by atoms with van der Waals surface area (Å²) in [5.41, 5.74) is 6.65. The molecule has 2 rings (SSSR count). The third kappa shape index (κ3) is 2.98. The van der Waals surface area contributed by atoms with Gasteiger partial charge in [0.2, 0.25) is 0 Å². The summed E-state index contributed by atoms with van der Waals surface area (Å²) in [6, 6.07) is 3.33. The quantitative estimate of drug-likeness (QED) is 0.827. The molecule has 1 aromatic rings. The van der Waals surface area contributed by atoms with Gasteiger partial charge in [0, 0.05) is 17.9 Å². The van der Waals surface area contributed by atoms with Crippen LogP contribution in [-0.4, -0.2) is 29.6 Å². The van der Waals surface area contributed by atoms with Gasteiger partial charge in [-0.3, -0.25) is 4.79 Å². The van der Waals surface area contributed by atoms with Gasteiger partial charge in [-0.15, -0.1) is 0 Å². The van der Waals surface area contributed by atoms with Crippen LogP contribution >= 0.6 is 0 Å². The monoisotopic (exact) mass is 249 g/mol. The summed E-state index contributed by atoms with van der Waals surface area (Å²) in [5, 5.41) is 3.02.